The zero-order valence-corrected chi connectivity index (χ0v) is 25.9. The first kappa shape index (κ1) is 26.1. The number of aromatic nitrogens is 1. The Morgan fingerprint density at radius 3 is 2.06 bits per heavy atom. The second-order valence-electron chi connectivity index (χ2n) is 12.0. The van der Waals surface area contributed by atoms with E-state index in [0.717, 1.165) is 49.8 Å². The highest BCUT2D eigenvalue weighted by atomic mass is 32.1. The van der Waals surface area contributed by atoms with Crippen LogP contribution in [0.4, 0.5) is 0 Å². The van der Waals surface area contributed by atoms with Crippen LogP contribution in [0.3, 0.4) is 0 Å². The van der Waals surface area contributed by atoms with Crippen molar-refractivity contribution in [3.8, 4) is 34.0 Å². The molecule has 0 spiro atoms. The van der Waals surface area contributed by atoms with Gasteiger partial charge in [-0.15, -0.1) is 11.3 Å². The summed E-state index contributed by atoms with van der Waals surface area (Å²) in [5.41, 5.74) is 9.50. The van der Waals surface area contributed by atoms with Crippen molar-refractivity contribution < 1.29 is 4.42 Å². The molecule has 3 aromatic heterocycles. The van der Waals surface area contributed by atoms with E-state index in [-0.39, 0.29) is 0 Å². The van der Waals surface area contributed by atoms with Crippen molar-refractivity contribution in [3.63, 3.8) is 0 Å². The van der Waals surface area contributed by atoms with Crippen molar-refractivity contribution in [1.29, 1.82) is 5.26 Å². The summed E-state index contributed by atoms with van der Waals surface area (Å²) in [5.74, 6) is 0. The summed E-state index contributed by atoms with van der Waals surface area (Å²) >= 11 is 1.81. The van der Waals surface area contributed by atoms with E-state index in [2.05, 4.69) is 144 Å². The molecule has 218 valence electrons. The number of thiophene rings is 1. The van der Waals surface area contributed by atoms with E-state index in [1.807, 2.05) is 23.5 Å². The molecule has 0 N–H and O–H groups in total. The number of nitrogens with zero attached hydrogens (tertiary/aromatic N) is 2. The van der Waals surface area contributed by atoms with Gasteiger partial charge in [0.2, 0.25) is 0 Å². The van der Waals surface area contributed by atoms with Gasteiger partial charge in [0.15, 0.2) is 11.2 Å². The first-order chi connectivity index (χ1) is 23.2. The quantitative estimate of drug-likeness (QED) is 0.198. The molecule has 0 atom stereocenters. The molecule has 0 bridgehead atoms. The van der Waals surface area contributed by atoms with Crippen LogP contribution < -0.4 is 0 Å². The first-order valence-electron chi connectivity index (χ1n) is 15.7. The smallest absolute Gasteiger partial charge is 0.159 e. The largest absolute Gasteiger partial charge is 0.452 e. The maximum atomic E-state index is 10.4. The molecule has 3 nitrogen and oxygen atoms in total. The number of furan rings is 1. The molecule has 7 aromatic carbocycles. The lowest BCUT2D eigenvalue weighted by Crippen LogP contribution is -1.94. The van der Waals surface area contributed by atoms with Gasteiger partial charge in [0, 0.05) is 41.7 Å². The Hall–Kier alpha value is -6.15. The molecule has 0 aliphatic carbocycles. The summed E-state index contributed by atoms with van der Waals surface area (Å²) in [6.07, 6.45) is 0. The van der Waals surface area contributed by atoms with Gasteiger partial charge in [-0.1, -0.05) is 97.1 Å². The van der Waals surface area contributed by atoms with Crippen LogP contribution in [0.1, 0.15) is 5.56 Å². The Labute approximate surface area is 273 Å². The average Bonchev–Trinajstić information content (AvgIpc) is 3.80. The molecule has 0 fully saturated rings. The van der Waals surface area contributed by atoms with Crippen molar-refractivity contribution in [2.24, 2.45) is 0 Å². The third-order valence-corrected chi connectivity index (χ3v) is 10.6. The standard InChI is InChI=1S/C43H24N2OS/c44-25-30-21-29(27-18-20-41-35(22-27)33-12-5-7-16-40(33)47-41)23-36-34-13-8-15-38(43(34)46-42(30)36)45-37-14-6-4-11-31(37)32-19-17-28(24-39(32)45)26-9-2-1-3-10-26/h1-24H. The normalized spacial score (nSPS) is 11.8. The Balaban J connectivity index is 1.23. The number of hydrogen-bond acceptors (Lipinski definition) is 3. The van der Waals surface area contributed by atoms with Gasteiger partial charge in [0.1, 0.15) is 6.07 Å². The van der Waals surface area contributed by atoms with Crippen LogP contribution in [0.25, 0.3) is 91.9 Å². The molecule has 10 aromatic rings. The van der Waals surface area contributed by atoms with E-state index >= 15 is 0 Å². The van der Waals surface area contributed by atoms with E-state index in [0.29, 0.717) is 11.1 Å². The van der Waals surface area contributed by atoms with Crippen LogP contribution in [0.5, 0.6) is 0 Å². The third kappa shape index (κ3) is 3.85. The van der Waals surface area contributed by atoms with Crippen LogP contribution in [0.2, 0.25) is 0 Å². The fraction of sp³-hybridized carbons (Fsp3) is 0. The lowest BCUT2D eigenvalue weighted by Gasteiger charge is -2.09. The molecule has 4 heteroatoms. The van der Waals surface area contributed by atoms with Gasteiger partial charge in [0.25, 0.3) is 0 Å². The monoisotopic (exact) mass is 616 g/mol. The van der Waals surface area contributed by atoms with Gasteiger partial charge >= 0.3 is 0 Å². The maximum Gasteiger partial charge on any atom is 0.159 e. The summed E-state index contributed by atoms with van der Waals surface area (Å²) in [7, 11) is 0. The Morgan fingerprint density at radius 2 is 1.17 bits per heavy atom. The van der Waals surface area contributed by atoms with Gasteiger partial charge in [-0.2, -0.15) is 5.26 Å². The summed E-state index contributed by atoms with van der Waals surface area (Å²) < 4.78 is 11.6. The summed E-state index contributed by atoms with van der Waals surface area (Å²) in [4.78, 5) is 0. The molecule has 0 amide bonds. The number of benzene rings is 7. The van der Waals surface area contributed by atoms with Crippen molar-refractivity contribution in [2.75, 3.05) is 0 Å². The SMILES string of the molecule is N#Cc1cc(-c2ccc3sc4ccccc4c3c2)cc2c1oc1c(-n3c4ccccc4c4ccc(-c5ccccc5)cc43)cccc12. The lowest BCUT2D eigenvalue weighted by molar-refractivity contribution is 0.665. The number of nitriles is 1. The molecule has 47 heavy (non-hydrogen) atoms. The Morgan fingerprint density at radius 1 is 0.468 bits per heavy atom. The van der Waals surface area contributed by atoms with E-state index < -0.39 is 0 Å². The fourth-order valence-corrected chi connectivity index (χ4v) is 8.34. The van der Waals surface area contributed by atoms with Crippen LogP contribution >= 0.6 is 11.3 Å². The van der Waals surface area contributed by atoms with Crippen LogP contribution in [-0.4, -0.2) is 4.57 Å². The van der Waals surface area contributed by atoms with Crippen LogP contribution in [0, 0.1) is 11.3 Å². The van der Waals surface area contributed by atoms with Crippen LogP contribution in [0.15, 0.2) is 150 Å². The molecule has 0 unspecified atom stereocenters. The second-order valence-corrected chi connectivity index (χ2v) is 13.1. The topological polar surface area (TPSA) is 41.9 Å². The number of fused-ring (bicyclic) bond motifs is 9. The Kier molecular flexibility index (Phi) is 5.51. The van der Waals surface area contributed by atoms with Crippen molar-refractivity contribution in [3.05, 3.63) is 151 Å². The summed E-state index contributed by atoms with van der Waals surface area (Å²) in [6.45, 7) is 0. The van der Waals surface area contributed by atoms with E-state index in [4.69, 9.17) is 4.42 Å². The zero-order valence-electron chi connectivity index (χ0n) is 25.1. The van der Waals surface area contributed by atoms with E-state index in [1.165, 1.54) is 36.5 Å². The minimum atomic E-state index is 0.531. The number of para-hydroxylation sites is 2. The number of hydrogen-bond donors (Lipinski definition) is 0. The molecule has 0 radical (unpaired) electrons. The van der Waals surface area contributed by atoms with Crippen molar-refractivity contribution >= 4 is 75.3 Å². The highest BCUT2D eigenvalue weighted by molar-refractivity contribution is 7.25. The summed E-state index contributed by atoms with van der Waals surface area (Å²) in [5, 5.41) is 17.2. The molecule has 0 saturated heterocycles. The van der Waals surface area contributed by atoms with Crippen LogP contribution in [-0.2, 0) is 0 Å². The minimum Gasteiger partial charge on any atom is -0.452 e. The highest BCUT2D eigenvalue weighted by Gasteiger charge is 2.20. The molecule has 3 heterocycles. The second kappa shape index (κ2) is 9.92. The van der Waals surface area contributed by atoms with Crippen molar-refractivity contribution in [1.82, 2.24) is 4.57 Å². The predicted molar refractivity (Wildman–Crippen MR) is 197 cm³/mol. The molecule has 0 aliphatic heterocycles. The summed E-state index contributed by atoms with van der Waals surface area (Å²) in [6, 6.07) is 53.8. The average molecular weight is 617 g/mol. The molecular weight excluding hydrogens is 593 g/mol. The first-order valence-corrected chi connectivity index (χ1v) is 16.5. The molecule has 0 aliphatic rings. The molecule has 10 rings (SSSR count). The van der Waals surface area contributed by atoms with E-state index in [1.54, 1.807) is 0 Å². The highest BCUT2D eigenvalue weighted by Crippen LogP contribution is 2.42. The maximum absolute atomic E-state index is 10.4. The predicted octanol–water partition coefficient (Wildman–Crippen LogP) is 12.3. The van der Waals surface area contributed by atoms with Gasteiger partial charge in [-0.25, -0.2) is 0 Å². The Bertz CT molecular complexity index is 2920. The lowest BCUT2D eigenvalue weighted by atomic mass is 9.98. The van der Waals surface area contributed by atoms with Crippen molar-refractivity contribution in [2.45, 2.75) is 0 Å². The van der Waals surface area contributed by atoms with E-state index in [9.17, 15) is 5.26 Å². The van der Waals surface area contributed by atoms with Gasteiger partial charge in [0.05, 0.1) is 22.3 Å². The van der Waals surface area contributed by atoms with Gasteiger partial charge in [-0.3, -0.25) is 0 Å². The van der Waals surface area contributed by atoms with Gasteiger partial charge in [-0.05, 0) is 70.8 Å². The third-order valence-electron chi connectivity index (χ3n) is 9.43. The fourth-order valence-electron chi connectivity index (χ4n) is 7.26. The van der Waals surface area contributed by atoms with Gasteiger partial charge < -0.3 is 8.98 Å². The number of rotatable bonds is 3. The molecule has 0 saturated carbocycles. The molecular formula is C43H24N2OS. The minimum absolute atomic E-state index is 0.531. The zero-order chi connectivity index (χ0) is 31.1.